The molecule has 0 bridgehead atoms. The van der Waals surface area contributed by atoms with Crippen LogP contribution in [0.3, 0.4) is 0 Å². The van der Waals surface area contributed by atoms with E-state index in [4.69, 9.17) is 14.5 Å². The van der Waals surface area contributed by atoms with E-state index in [-0.39, 0.29) is 0 Å². The van der Waals surface area contributed by atoms with Gasteiger partial charge in [0.25, 0.3) is 0 Å². The number of nitrogens with zero attached hydrogens (tertiary/aromatic N) is 2. The fourth-order valence-corrected chi connectivity index (χ4v) is 4.73. The van der Waals surface area contributed by atoms with Crippen molar-refractivity contribution in [2.24, 2.45) is 0 Å². The second-order valence-corrected chi connectivity index (χ2v) is 7.41. The van der Waals surface area contributed by atoms with Gasteiger partial charge in [0.2, 0.25) is 0 Å². The molecule has 5 aromatic rings. The Hall–Kier alpha value is -3.31. The second-order valence-electron chi connectivity index (χ2n) is 6.43. The Balaban J connectivity index is 1.87. The second kappa shape index (κ2) is 6.69. The van der Waals surface area contributed by atoms with Gasteiger partial charge in [-0.1, -0.05) is 53.8 Å². The lowest BCUT2D eigenvalue weighted by molar-refractivity contribution is 0.355. The summed E-state index contributed by atoms with van der Waals surface area (Å²) in [6.07, 6.45) is 0. The zero-order valence-electron chi connectivity index (χ0n) is 15.5. The normalized spacial score (nSPS) is 11.2. The molecule has 3 aromatic carbocycles. The van der Waals surface area contributed by atoms with Gasteiger partial charge in [0.15, 0.2) is 16.5 Å². The predicted molar refractivity (Wildman–Crippen MR) is 115 cm³/mol. The van der Waals surface area contributed by atoms with Crippen molar-refractivity contribution in [3.8, 4) is 33.2 Å². The van der Waals surface area contributed by atoms with Crippen molar-refractivity contribution in [2.45, 2.75) is 0 Å². The summed E-state index contributed by atoms with van der Waals surface area (Å²) in [5, 5.41) is 0. The molecule has 0 amide bonds. The van der Waals surface area contributed by atoms with Crippen LogP contribution in [-0.2, 0) is 0 Å². The average molecular weight is 386 g/mol. The Bertz CT molecular complexity index is 1290. The van der Waals surface area contributed by atoms with Crippen molar-refractivity contribution in [2.75, 3.05) is 14.2 Å². The standard InChI is InChI=1S/C23H18N2O2S/c1-26-19-13-12-16(14-20(19)27-2)21-22(15-8-4-3-5-9-15)28-23-24-17-10-6-7-11-18(17)25(21)23/h3-14H,1-2H3. The number of ether oxygens (including phenoxy) is 2. The van der Waals surface area contributed by atoms with Crippen LogP contribution in [0.4, 0.5) is 0 Å². The lowest BCUT2D eigenvalue weighted by Crippen LogP contribution is -1.93. The number of methoxy groups -OCH3 is 2. The maximum Gasteiger partial charge on any atom is 0.195 e. The molecule has 0 fully saturated rings. The first-order valence-electron chi connectivity index (χ1n) is 8.98. The van der Waals surface area contributed by atoms with Crippen LogP contribution in [0.15, 0.2) is 72.8 Å². The quantitative estimate of drug-likeness (QED) is 0.386. The number of hydrogen-bond donors (Lipinski definition) is 0. The topological polar surface area (TPSA) is 35.8 Å². The van der Waals surface area contributed by atoms with Crippen molar-refractivity contribution in [1.29, 1.82) is 0 Å². The Morgan fingerprint density at radius 2 is 1.54 bits per heavy atom. The minimum absolute atomic E-state index is 0.711. The summed E-state index contributed by atoms with van der Waals surface area (Å²) in [6, 6.07) is 24.7. The molecule has 0 saturated heterocycles. The summed E-state index contributed by atoms with van der Waals surface area (Å²) in [5.41, 5.74) is 5.44. The van der Waals surface area contributed by atoms with E-state index in [0.29, 0.717) is 5.75 Å². The maximum atomic E-state index is 5.56. The van der Waals surface area contributed by atoms with Gasteiger partial charge in [-0.15, -0.1) is 0 Å². The molecule has 0 aliphatic heterocycles. The highest BCUT2D eigenvalue weighted by Gasteiger charge is 2.20. The van der Waals surface area contributed by atoms with E-state index in [1.807, 2.05) is 24.3 Å². The van der Waals surface area contributed by atoms with E-state index in [1.165, 1.54) is 10.4 Å². The molecule has 0 saturated carbocycles. The van der Waals surface area contributed by atoms with Gasteiger partial charge in [0.1, 0.15) is 0 Å². The average Bonchev–Trinajstić information content (AvgIpc) is 3.30. The number of para-hydroxylation sites is 2. The van der Waals surface area contributed by atoms with Gasteiger partial charge >= 0.3 is 0 Å². The van der Waals surface area contributed by atoms with Crippen molar-refractivity contribution >= 4 is 27.3 Å². The number of rotatable bonds is 4. The smallest absolute Gasteiger partial charge is 0.195 e. The number of aromatic nitrogens is 2. The zero-order chi connectivity index (χ0) is 19.1. The summed E-state index contributed by atoms with van der Waals surface area (Å²) < 4.78 is 13.2. The SMILES string of the molecule is COc1ccc(-c2c(-c3ccccc3)sc3nc4ccccc4n23)cc1OC. The Morgan fingerprint density at radius 1 is 0.786 bits per heavy atom. The van der Waals surface area contributed by atoms with Crippen LogP contribution in [0, 0.1) is 0 Å². The van der Waals surface area contributed by atoms with Gasteiger partial charge in [-0.2, -0.15) is 0 Å². The number of benzene rings is 3. The molecule has 5 rings (SSSR count). The maximum absolute atomic E-state index is 5.56. The third kappa shape index (κ3) is 2.55. The molecule has 5 heteroatoms. The third-order valence-electron chi connectivity index (χ3n) is 4.86. The fourth-order valence-electron chi connectivity index (χ4n) is 3.56. The first-order chi connectivity index (χ1) is 13.8. The molecule has 0 radical (unpaired) electrons. The summed E-state index contributed by atoms with van der Waals surface area (Å²) in [6.45, 7) is 0. The van der Waals surface area contributed by atoms with Crippen LogP contribution in [0.2, 0.25) is 0 Å². The van der Waals surface area contributed by atoms with E-state index in [1.54, 1.807) is 25.6 Å². The van der Waals surface area contributed by atoms with E-state index in [0.717, 1.165) is 33.0 Å². The molecule has 0 aliphatic rings. The number of fused-ring (bicyclic) bond motifs is 3. The van der Waals surface area contributed by atoms with Crippen LogP contribution >= 0.6 is 11.3 Å². The number of thiazole rings is 1. The molecule has 0 N–H and O–H groups in total. The van der Waals surface area contributed by atoms with Crippen LogP contribution in [0.1, 0.15) is 0 Å². The summed E-state index contributed by atoms with van der Waals surface area (Å²) in [5.74, 6) is 1.43. The van der Waals surface area contributed by atoms with E-state index in [9.17, 15) is 0 Å². The minimum atomic E-state index is 0.711. The van der Waals surface area contributed by atoms with E-state index < -0.39 is 0 Å². The molecule has 4 nitrogen and oxygen atoms in total. The van der Waals surface area contributed by atoms with Crippen molar-refractivity contribution < 1.29 is 9.47 Å². The largest absolute Gasteiger partial charge is 0.493 e. The van der Waals surface area contributed by atoms with Crippen LogP contribution in [-0.4, -0.2) is 23.6 Å². The lowest BCUT2D eigenvalue weighted by atomic mass is 10.1. The highest BCUT2D eigenvalue weighted by atomic mass is 32.1. The molecular formula is C23H18N2O2S. The Kier molecular flexibility index (Phi) is 4.02. The van der Waals surface area contributed by atoms with Crippen molar-refractivity contribution in [3.63, 3.8) is 0 Å². The summed E-state index contributed by atoms with van der Waals surface area (Å²) in [4.78, 5) is 7.01. The molecule has 2 heterocycles. The Morgan fingerprint density at radius 3 is 2.32 bits per heavy atom. The molecule has 0 spiro atoms. The van der Waals surface area contributed by atoms with Crippen LogP contribution in [0.25, 0.3) is 37.7 Å². The summed E-state index contributed by atoms with van der Waals surface area (Å²) in [7, 11) is 3.31. The molecule has 138 valence electrons. The first-order valence-corrected chi connectivity index (χ1v) is 9.79. The Labute approximate surface area is 166 Å². The highest BCUT2D eigenvalue weighted by Crippen LogP contribution is 2.43. The van der Waals surface area contributed by atoms with Gasteiger partial charge in [0.05, 0.1) is 35.8 Å². The third-order valence-corrected chi connectivity index (χ3v) is 5.94. The van der Waals surface area contributed by atoms with Crippen molar-refractivity contribution in [1.82, 2.24) is 9.38 Å². The van der Waals surface area contributed by atoms with Gasteiger partial charge in [-0.05, 0) is 35.9 Å². The fraction of sp³-hybridized carbons (Fsp3) is 0.0870. The highest BCUT2D eigenvalue weighted by molar-refractivity contribution is 7.21. The molecule has 0 atom stereocenters. The monoisotopic (exact) mass is 386 g/mol. The van der Waals surface area contributed by atoms with E-state index in [2.05, 4.69) is 52.9 Å². The molecule has 0 aliphatic carbocycles. The lowest BCUT2D eigenvalue weighted by Gasteiger charge is -2.11. The predicted octanol–water partition coefficient (Wildman–Crippen LogP) is 5.90. The summed E-state index contributed by atoms with van der Waals surface area (Å²) >= 11 is 1.70. The van der Waals surface area contributed by atoms with Gasteiger partial charge in [0, 0.05) is 5.56 Å². The molecule has 2 aromatic heterocycles. The molecular weight excluding hydrogens is 368 g/mol. The minimum Gasteiger partial charge on any atom is -0.493 e. The van der Waals surface area contributed by atoms with Gasteiger partial charge < -0.3 is 9.47 Å². The van der Waals surface area contributed by atoms with Crippen LogP contribution < -0.4 is 9.47 Å². The zero-order valence-corrected chi connectivity index (χ0v) is 16.4. The molecule has 28 heavy (non-hydrogen) atoms. The molecule has 0 unspecified atom stereocenters. The van der Waals surface area contributed by atoms with Gasteiger partial charge in [-0.25, -0.2) is 4.98 Å². The first kappa shape index (κ1) is 16.8. The van der Waals surface area contributed by atoms with Crippen LogP contribution in [0.5, 0.6) is 11.5 Å². The van der Waals surface area contributed by atoms with Crippen molar-refractivity contribution in [3.05, 3.63) is 72.8 Å². The number of hydrogen-bond acceptors (Lipinski definition) is 4. The number of imidazole rings is 1. The van der Waals surface area contributed by atoms with Gasteiger partial charge in [-0.3, -0.25) is 4.40 Å². The van der Waals surface area contributed by atoms with E-state index >= 15 is 0 Å².